The Morgan fingerprint density at radius 2 is 1.14 bits per heavy atom. The number of nitrogens with one attached hydrogen (secondary N) is 2. The Bertz CT molecular complexity index is 2140. The Hall–Kier alpha value is -5.84. The van der Waals surface area contributed by atoms with Crippen molar-refractivity contribution in [1.82, 2.24) is 29.9 Å². The van der Waals surface area contributed by atoms with Crippen LogP contribution in [0.5, 0.6) is 17.4 Å². The number of phenolic OH excluding ortho intramolecular Hbond substituents is 1. The van der Waals surface area contributed by atoms with Gasteiger partial charge < -0.3 is 37.7 Å². The molecule has 8 rings (SSSR count). The number of benzene rings is 2. The zero-order valence-electron chi connectivity index (χ0n) is 31.0. The Labute approximate surface area is 351 Å². The van der Waals surface area contributed by atoms with Crippen molar-refractivity contribution in [2.24, 2.45) is 17.8 Å². The molecule has 0 saturated heterocycles. The molecule has 2 amide bonds. The highest BCUT2D eigenvalue weighted by Gasteiger charge is 2.30. The van der Waals surface area contributed by atoms with Gasteiger partial charge in [0.1, 0.15) is 58.2 Å². The lowest BCUT2D eigenvalue weighted by Gasteiger charge is -2.08. The number of aryl methyl sites for hydroxylation is 2. The molecule has 0 radical (unpaired) electrons. The van der Waals surface area contributed by atoms with Crippen molar-refractivity contribution in [2.45, 2.75) is 59.8 Å². The summed E-state index contributed by atoms with van der Waals surface area (Å²) in [6.45, 7) is 3.76. The summed E-state index contributed by atoms with van der Waals surface area (Å²) >= 11 is 16.1. The number of anilines is 5. The van der Waals surface area contributed by atoms with Crippen LogP contribution in [0, 0.1) is 31.6 Å². The van der Waals surface area contributed by atoms with E-state index in [1.165, 1.54) is 31.1 Å². The molecule has 19 heteroatoms. The molecule has 0 unspecified atom stereocenters. The Balaban J connectivity index is 0.000000209. The van der Waals surface area contributed by atoms with E-state index >= 15 is 0 Å². The molecule has 9 N–H and O–H groups in total. The second-order valence-electron chi connectivity index (χ2n) is 13.0. The minimum atomic E-state index is -0.157. The summed E-state index contributed by atoms with van der Waals surface area (Å²) < 4.78 is 5.65. The van der Waals surface area contributed by atoms with Gasteiger partial charge in [-0.25, -0.2) is 29.9 Å². The fourth-order valence-corrected chi connectivity index (χ4v) is 4.68. The number of carbonyl (C=O) groups excluding carboxylic acids is 3. The Morgan fingerprint density at radius 3 is 1.55 bits per heavy atom. The van der Waals surface area contributed by atoms with Crippen molar-refractivity contribution in [3.8, 4) is 17.4 Å². The topological polar surface area (TPSA) is 260 Å². The molecular weight excluding hydrogens is 809 g/mol. The van der Waals surface area contributed by atoms with Gasteiger partial charge in [-0.2, -0.15) is 0 Å². The lowest BCUT2D eigenvalue weighted by atomic mass is 10.2. The normalized spacial score (nSPS) is 13.3. The van der Waals surface area contributed by atoms with E-state index in [4.69, 9.17) is 61.8 Å². The third-order valence-electron chi connectivity index (χ3n) is 7.94. The number of nitrogens with zero attached hydrogens (tertiary/aromatic N) is 6. The summed E-state index contributed by atoms with van der Waals surface area (Å²) in [5.74, 6) is 3.15. The second-order valence-corrected chi connectivity index (χ2v) is 14.1. The second kappa shape index (κ2) is 22.8. The maximum absolute atomic E-state index is 11.7. The van der Waals surface area contributed by atoms with Gasteiger partial charge in [0.15, 0.2) is 0 Å². The van der Waals surface area contributed by atoms with Crippen LogP contribution in [0.1, 0.15) is 57.1 Å². The zero-order chi connectivity index (χ0) is 41.5. The third-order valence-corrected chi connectivity index (χ3v) is 8.67. The number of rotatable bonds is 7. The number of nitrogen functional groups attached to an aromatic ring is 3. The van der Waals surface area contributed by atoms with E-state index in [-0.39, 0.29) is 48.0 Å². The molecular formula is C39H46Cl3N11O5. The first-order valence-electron chi connectivity index (χ1n) is 17.6. The van der Waals surface area contributed by atoms with Gasteiger partial charge in [0, 0.05) is 47.3 Å². The van der Waals surface area contributed by atoms with Gasteiger partial charge in [0.25, 0.3) is 0 Å². The van der Waals surface area contributed by atoms with Crippen LogP contribution in [0.2, 0.25) is 10.3 Å². The lowest BCUT2D eigenvalue weighted by molar-refractivity contribution is -0.118. The molecule has 308 valence electrons. The number of halogens is 3. The van der Waals surface area contributed by atoms with Crippen molar-refractivity contribution < 1.29 is 24.2 Å². The lowest BCUT2D eigenvalue weighted by Crippen LogP contribution is -2.14. The van der Waals surface area contributed by atoms with Crippen LogP contribution in [0.3, 0.4) is 0 Å². The summed E-state index contributed by atoms with van der Waals surface area (Å²) in [6.07, 6.45) is 9.89. The van der Waals surface area contributed by atoms with Gasteiger partial charge in [-0.1, -0.05) is 30.6 Å². The van der Waals surface area contributed by atoms with Crippen molar-refractivity contribution in [3.63, 3.8) is 0 Å². The van der Waals surface area contributed by atoms with Crippen molar-refractivity contribution in [3.05, 3.63) is 95.0 Å². The predicted molar refractivity (Wildman–Crippen MR) is 226 cm³/mol. The number of nitrogens with two attached hydrogens (primary N) is 3. The number of aromatic nitrogens is 6. The molecule has 0 spiro atoms. The van der Waals surface area contributed by atoms with Gasteiger partial charge in [0.2, 0.25) is 22.9 Å². The molecule has 0 aliphatic heterocycles. The van der Waals surface area contributed by atoms with Gasteiger partial charge in [-0.15, -0.1) is 0 Å². The highest BCUT2D eigenvalue weighted by Crippen LogP contribution is 2.32. The van der Waals surface area contributed by atoms with E-state index in [1.807, 2.05) is 19.9 Å². The maximum Gasteiger partial charge on any atom is 0.228 e. The molecule has 3 fully saturated rings. The smallest absolute Gasteiger partial charge is 0.228 e. The van der Waals surface area contributed by atoms with Crippen LogP contribution in [0.25, 0.3) is 0 Å². The Kier molecular flexibility index (Phi) is 18.3. The van der Waals surface area contributed by atoms with Gasteiger partial charge >= 0.3 is 0 Å². The number of aromatic hydroxyl groups is 1. The fraction of sp³-hybridized carbons (Fsp3) is 0.308. The molecule has 0 atom stereocenters. The molecule has 3 heterocycles. The number of carbonyl (C=O) groups is 3. The average Bonchev–Trinajstić information content (AvgIpc) is 4.00. The van der Waals surface area contributed by atoms with E-state index in [1.54, 1.807) is 36.4 Å². The first kappa shape index (κ1) is 46.5. The van der Waals surface area contributed by atoms with Crippen molar-refractivity contribution in [2.75, 3.05) is 27.8 Å². The number of hydrogen-bond acceptors (Lipinski definition) is 14. The molecule has 2 aromatic carbocycles. The van der Waals surface area contributed by atoms with E-state index in [9.17, 15) is 14.4 Å². The first-order chi connectivity index (χ1) is 27.2. The summed E-state index contributed by atoms with van der Waals surface area (Å²) in [5, 5.41) is 14.9. The van der Waals surface area contributed by atoms with E-state index in [2.05, 4.69) is 40.5 Å². The fourth-order valence-electron chi connectivity index (χ4n) is 4.16. The van der Waals surface area contributed by atoms with Crippen molar-refractivity contribution in [1.29, 1.82) is 0 Å². The Morgan fingerprint density at radius 1 is 0.655 bits per heavy atom. The summed E-state index contributed by atoms with van der Waals surface area (Å²) in [6, 6.07) is 14.9. The average molecular weight is 855 g/mol. The molecule has 3 saturated carbocycles. The first-order valence-corrected chi connectivity index (χ1v) is 18.7. The molecule has 3 aromatic heterocycles. The van der Waals surface area contributed by atoms with Crippen LogP contribution in [-0.2, 0) is 14.4 Å². The minimum Gasteiger partial charge on any atom is -0.508 e. The number of phenols is 1. The molecule has 3 aliphatic carbocycles. The summed E-state index contributed by atoms with van der Waals surface area (Å²) in [4.78, 5) is 55.8. The van der Waals surface area contributed by atoms with E-state index in [0.717, 1.165) is 49.7 Å². The van der Waals surface area contributed by atoms with Gasteiger partial charge in [-0.3, -0.25) is 14.4 Å². The molecule has 5 aromatic rings. The largest absolute Gasteiger partial charge is 0.508 e. The van der Waals surface area contributed by atoms with E-state index in [0.29, 0.717) is 50.8 Å². The highest BCUT2D eigenvalue weighted by molar-refractivity contribution is 6.64. The number of ether oxygens (including phenoxy) is 1. The molecule has 3 aliphatic rings. The highest BCUT2D eigenvalue weighted by atomic mass is 35.5. The van der Waals surface area contributed by atoms with E-state index < -0.39 is 0 Å². The number of hydrogen-bond donors (Lipinski definition) is 6. The number of amides is 2. The summed E-state index contributed by atoms with van der Waals surface area (Å²) in [7, 11) is 0. The maximum atomic E-state index is 11.7. The van der Waals surface area contributed by atoms with Crippen LogP contribution in [0.4, 0.5) is 28.8 Å². The zero-order valence-corrected chi connectivity index (χ0v) is 33.3. The van der Waals surface area contributed by atoms with Crippen LogP contribution in [-0.4, -0.2) is 52.1 Å². The molecule has 16 nitrogen and oxygen atoms in total. The SMILES string of the molecule is C.Cc1cc(O)ccc1N.Cc1cc(Oc2cc(NC(=O)C3CC3)ncn2)ccc1N.Nc1cc(Cl)ncn1.O=C(Cl)C1CC1.O=C(Nc1cc(Cl)ncn1)C1CC1. The summed E-state index contributed by atoms with van der Waals surface area (Å²) in [5.41, 5.74) is 19.7. The van der Waals surface area contributed by atoms with Crippen LogP contribution >= 0.6 is 34.8 Å². The van der Waals surface area contributed by atoms with Crippen LogP contribution in [0.15, 0.2) is 73.6 Å². The minimum absolute atomic E-state index is 0. The van der Waals surface area contributed by atoms with Gasteiger partial charge in [0.05, 0.1) is 0 Å². The molecule has 0 bridgehead atoms. The standard InChI is InChI=1S/C15H16N4O2.C8H8ClN3O.C7H9NO.C4H4ClN3.C4H5ClO.CH4/c1-9-6-11(4-5-12(9)16)21-14-7-13(17-8-18-14)19-15(20)10-2-3-10;9-6-3-7(11-4-10-6)12-8(13)5-1-2-5;1-5-4-6(9)2-3-7(5)8;5-3-1-4(6)8-2-7-3;5-4(6)3-1-2-3;/h4-8,10H,2-3,16H2,1H3,(H,17,18,19,20);3-5H,1-2H2,(H,10,11,12,13);2-4,9H,8H2,1H3;1-2H,(H2,6,7,8);3H,1-2H2;1H4. The van der Waals surface area contributed by atoms with Crippen LogP contribution < -0.4 is 32.6 Å². The van der Waals surface area contributed by atoms with Gasteiger partial charge in [-0.05, 0) is 111 Å². The monoisotopic (exact) mass is 853 g/mol. The predicted octanol–water partition coefficient (Wildman–Crippen LogP) is 7.78. The molecule has 58 heavy (non-hydrogen) atoms. The quantitative estimate of drug-likeness (QED) is 0.0395. The van der Waals surface area contributed by atoms with Crippen molar-refractivity contribution >= 4 is 80.7 Å². The third kappa shape index (κ3) is 17.5.